The van der Waals surface area contributed by atoms with E-state index in [-0.39, 0.29) is 0 Å². The van der Waals surface area contributed by atoms with E-state index < -0.39 is 0 Å². The molecule has 3 heterocycles. The highest BCUT2D eigenvalue weighted by Gasteiger charge is 2.23. The highest BCUT2D eigenvalue weighted by atomic mass is 16.5. The summed E-state index contributed by atoms with van der Waals surface area (Å²) in [5, 5.41) is 3.56. The number of para-hydroxylation sites is 2. The van der Waals surface area contributed by atoms with Crippen LogP contribution in [0.4, 0.5) is 23.0 Å². The number of aryl methyl sites for hydroxylation is 1. The van der Waals surface area contributed by atoms with Crippen molar-refractivity contribution in [3.63, 3.8) is 0 Å². The lowest BCUT2D eigenvalue weighted by molar-refractivity contribution is 0.123. The lowest BCUT2D eigenvalue weighted by atomic mass is 10.00. The molecule has 2 saturated heterocycles. The first kappa shape index (κ1) is 19.0. The Morgan fingerprint density at radius 2 is 1.93 bits per heavy atom. The molecular formula is C22H31N5O. The summed E-state index contributed by atoms with van der Waals surface area (Å²) in [4.78, 5) is 14.3. The van der Waals surface area contributed by atoms with Crippen molar-refractivity contribution in [1.82, 2.24) is 9.97 Å². The monoisotopic (exact) mass is 381 g/mol. The molecule has 6 nitrogen and oxygen atoms in total. The van der Waals surface area contributed by atoms with E-state index in [1.807, 2.05) is 6.92 Å². The number of nitrogens with zero attached hydrogens (tertiary/aromatic N) is 4. The van der Waals surface area contributed by atoms with Crippen LogP contribution >= 0.6 is 0 Å². The van der Waals surface area contributed by atoms with E-state index in [4.69, 9.17) is 9.72 Å². The van der Waals surface area contributed by atoms with Gasteiger partial charge in [-0.3, -0.25) is 0 Å². The predicted octanol–water partition coefficient (Wildman–Crippen LogP) is 4.13. The first-order chi connectivity index (χ1) is 13.7. The maximum absolute atomic E-state index is 5.51. The molecule has 2 aliphatic rings. The smallest absolute Gasteiger partial charge is 0.136 e. The number of rotatable bonds is 5. The summed E-state index contributed by atoms with van der Waals surface area (Å²) in [6, 6.07) is 11.1. The van der Waals surface area contributed by atoms with Crippen LogP contribution in [0, 0.1) is 6.92 Å². The van der Waals surface area contributed by atoms with Gasteiger partial charge in [0.15, 0.2) is 0 Å². The van der Waals surface area contributed by atoms with Crippen LogP contribution in [0.25, 0.3) is 0 Å². The number of hydrogen-bond donors (Lipinski definition) is 1. The molecule has 6 heteroatoms. The Morgan fingerprint density at radius 3 is 2.75 bits per heavy atom. The Hall–Kier alpha value is -2.34. The number of ether oxygens (including phenoxy) is 1. The lowest BCUT2D eigenvalue weighted by Gasteiger charge is -2.36. The van der Waals surface area contributed by atoms with Gasteiger partial charge >= 0.3 is 0 Å². The van der Waals surface area contributed by atoms with Gasteiger partial charge in [0.05, 0.1) is 24.6 Å². The van der Waals surface area contributed by atoms with Gasteiger partial charge in [-0.2, -0.15) is 0 Å². The molecule has 2 fully saturated rings. The molecule has 0 spiro atoms. The summed E-state index contributed by atoms with van der Waals surface area (Å²) in [7, 11) is 0. The number of piperidine rings is 1. The Balaban J connectivity index is 1.60. The number of aromatic nitrogens is 2. The normalized spacial score (nSPS) is 20.3. The fourth-order valence-corrected chi connectivity index (χ4v) is 4.29. The largest absolute Gasteiger partial charge is 0.378 e. The third kappa shape index (κ3) is 4.22. The molecule has 2 aliphatic heterocycles. The minimum atomic E-state index is 0.580. The zero-order chi connectivity index (χ0) is 19.3. The summed E-state index contributed by atoms with van der Waals surface area (Å²) in [6.07, 6.45) is 4.97. The van der Waals surface area contributed by atoms with Crippen molar-refractivity contribution in [3.8, 4) is 0 Å². The molecular weight excluding hydrogens is 350 g/mol. The molecule has 0 aliphatic carbocycles. The fourth-order valence-electron chi connectivity index (χ4n) is 4.29. The molecule has 1 N–H and O–H groups in total. The van der Waals surface area contributed by atoms with Crippen molar-refractivity contribution in [1.29, 1.82) is 0 Å². The number of morpholine rings is 1. The molecule has 150 valence electrons. The van der Waals surface area contributed by atoms with Crippen molar-refractivity contribution >= 4 is 23.0 Å². The molecule has 1 atom stereocenters. The van der Waals surface area contributed by atoms with Crippen LogP contribution in [0.3, 0.4) is 0 Å². The second kappa shape index (κ2) is 8.78. The van der Waals surface area contributed by atoms with Crippen molar-refractivity contribution < 1.29 is 4.74 Å². The van der Waals surface area contributed by atoms with Crippen LogP contribution in [0.5, 0.6) is 0 Å². The molecule has 4 rings (SSSR count). The standard InChI is InChI=1S/C22H31N5O/c1-3-18-8-6-7-11-27(18)22-16-21(23-17(2)24-22)25-19-9-4-5-10-20(19)26-12-14-28-15-13-26/h4-5,9-10,16,18H,3,6-8,11-15H2,1-2H3,(H,23,24,25). The fraction of sp³-hybridized carbons (Fsp3) is 0.545. The molecule has 0 saturated carbocycles. The molecule has 1 aromatic carbocycles. The first-order valence-corrected chi connectivity index (χ1v) is 10.6. The maximum atomic E-state index is 5.51. The Labute approximate surface area is 167 Å². The summed E-state index contributed by atoms with van der Waals surface area (Å²) < 4.78 is 5.51. The Kier molecular flexibility index (Phi) is 5.95. The van der Waals surface area contributed by atoms with Gasteiger partial charge in [0.2, 0.25) is 0 Å². The van der Waals surface area contributed by atoms with E-state index in [1.54, 1.807) is 0 Å². The van der Waals surface area contributed by atoms with Gasteiger partial charge in [-0.15, -0.1) is 0 Å². The third-order valence-electron chi connectivity index (χ3n) is 5.74. The highest BCUT2D eigenvalue weighted by molar-refractivity contribution is 5.75. The number of nitrogens with one attached hydrogen (secondary N) is 1. The number of anilines is 4. The van der Waals surface area contributed by atoms with Crippen molar-refractivity contribution in [3.05, 3.63) is 36.2 Å². The summed E-state index contributed by atoms with van der Waals surface area (Å²) in [5.74, 6) is 2.72. The van der Waals surface area contributed by atoms with E-state index in [0.29, 0.717) is 6.04 Å². The topological polar surface area (TPSA) is 53.5 Å². The average Bonchev–Trinajstić information content (AvgIpc) is 2.74. The van der Waals surface area contributed by atoms with Crippen LogP contribution in [-0.2, 0) is 4.74 Å². The second-order valence-electron chi connectivity index (χ2n) is 7.65. The van der Waals surface area contributed by atoms with Gasteiger partial charge in [-0.1, -0.05) is 19.1 Å². The quantitative estimate of drug-likeness (QED) is 0.840. The van der Waals surface area contributed by atoms with E-state index in [9.17, 15) is 0 Å². The van der Waals surface area contributed by atoms with E-state index in [0.717, 1.165) is 62.4 Å². The number of hydrogen-bond acceptors (Lipinski definition) is 6. The van der Waals surface area contributed by atoms with E-state index in [1.165, 1.54) is 24.9 Å². The van der Waals surface area contributed by atoms with Gasteiger partial charge in [-0.05, 0) is 44.7 Å². The zero-order valence-corrected chi connectivity index (χ0v) is 17.0. The molecule has 2 aromatic rings. The van der Waals surface area contributed by atoms with Crippen LogP contribution in [0.15, 0.2) is 30.3 Å². The molecule has 0 amide bonds. The van der Waals surface area contributed by atoms with E-state index in [2.05, 4.69) is 57.4 Å². The minimum Gasteiger partial charge on any atom is -0.378 e. The molecule has 1 unspecified atom stereocenters. The van der Waals surface area contributed by atoms with Gasteiger partial charge < -0.3 is 19.9 Å². The minimum absolute atomic E-state index is 0.580. The van der Waals surface area contributed by atoms with Gasteiger partial charge in [0.1, 0.15) is 17.5 Å². The van der Waals surface area contributed by atoms with Crippen molar-refractivity contribution in [2.24, 2.45) is 0 Å². The predicted molar refractivity (Wildman–Crippen MR) is 115 cm³/mol. The van der Waals surface area contributed by atoms with Crippen LogP contribution in [-0.4, -0.2) is 48.9 Å². The number of benzene rings is 1. The van der Waals surface area contributed by atoms with Crippen LogP contribution in [0.2, 0.25) is 0 Å². The van der Waals surface area contributed by atoms with Crippen molar-refractivity contribution in [2.75, 3.05) is 48.0 Å². The summed E-state index contributed by atoms with van der Waals surface area (Å²) in [5.41, 5.74) is 2.28. The molecule has 1 aromatic heterocycles. The first-order valence-electron chi connectivity index (χ1n) is 10.6. The van der Waals surface area contributed by atoms with Gasteiger partial charge in [0.25, 0.3) is 0 Å². The maximum Gasteiger partial charge on any atom is 0.136 e. The summed E-state index contributed by atoms with van der Waals surface area (Å²) >= 11 is 0. The Bertz CT molecular complexity index is 790. The average molecular weight is 382 g/mol. The van der Waals surface area contributed by atoms with Crippen molar-refractivity contribution in [2.45, 2.75) is 45.6 Å². The SMILES string of the molecule is CCC1CCCCN1c1cc(Nc2ccccc2N2CCOCC2)nc(C)n1. The highest BCUT2D eigenvalue weighted by Crippen LogP contribution is 2.31. The zero-order valence-electron chi connectivity index (χ0n) is 17.0. The lowest BCUT2D eigenvalue weighted by Crippen LogP contribution is -2.39. The van der Waals surface area contributed by atoms with E-state index >= 15 is 0 Å². The van der Waals surface area contributed by atoms with Gasteiger partial charge in [0, 0.05) is 31.7 Å². The third-order valence-corrected chi connectivity index (χ3v) is 5.74. The van der Waals surface area contributed by atoms with Crippen LogP contribution < -0.4 is 15.1 Å². The molecule has 28 heavy (non-hydrogen) atoms. The molecule has 0 bridgehead atoms. The van der Waals surface area contributed by atoms with Gasteiger partial charge in [-0.25, -0.2) is 9.97 Å². The second-order valence-corrected chi connectivity index (χ2v) is 7.65. The van der Waals surface area contributed by atoms with Crippen LogP contribution in [0.1, 0.15) is 38.4 Å². The Morgan fingerprint density at radius 1 is 1.11 bits per heavy atom. The summed E-state index contributed by atoms with van der Waals surface area (Å²) in [6.45, 7) is 8.72. The molecule has 0 radical (unpaired) electrons.